The van der Waals surface area contributed by atoms with Gasteiger partial charge in [-0.3, -0.25) is 4.98 Å². The van der Waals surface area contributed by atoms with Gasteiger partial charge in [0, 0.05) is 27.8 Å². The average molecular weight is 406 g/mol. The third kappa shape index (κ3) is 3.26. The van der Waals surface area contributed by atoms with Crippen molar-refractivity contribution in [2.24, 2.45) is 0 Å². The Hall–Kier alpha value is -2.92. The van der Waals surface area contributed by atoms with Crippen LogP contribution in [0.25, 0.3) is 10.9 Å². The van der Waals surface area contributed by atoms with E-state index in [1.165, 1.54) is 0 Å². The van der Waals surface area contributed by atoms with E-state index in [2.05, 4.69) is 31.2 Å². The molecule has 0 amide bonds. The molecule has 0 fully saturated rings. The Labute approximate surface area is 159 Å². The number of pyridine rings is 2. The van der Waals surface area contributed by atoms with Gasteiger partial charge in [0.15, 0.2) is 0 Å². The van der Waals surface area contributed by atoms with E-state index in [0.29, 0.717) is 0 Å². The van der Waals surface area contributed by atoms with Gasteiger partial charge in [-0.15, -0.1) is 0 Å². The minimum atomic E-state index is -0.282. The first-order chi connectivity index (χ1) is 12.7. The van der Waals surface area contributed by atoms with Crippen LogP contribution >= 0.6 is 15.9 Å². The van der Waals surface area contributed by atoms with Gasteiger partial charge in [0.1, 0.15) is 11.6 Å². The van der Waals surface area contributed by atoms with Gasteiger partial charge in [-0.25, -0.2) is 4.98 Å². The molecular formula is C21H16BrN3O. The molecule has 0 aliphatic heterocycles. The molecule has 1 atom stereocenters. The van der Waals surface area contributed by atoms with Crippen LogP contribution in [0.1, 0.15) is 17.2 Å². The summed E-state index contributed by atoms with van der Waals surface area (Å²) in [6.07, 6.45) is 3.49. The Bertz CT molecular complexity index is 1050. The molecule has 0 saturated carbocycles. The molecule has 0 bridgehead atoms. The second-order valence-corrected chi connectivity index (χ2v) is 6.83. The molecule has 2 heterocycles. The van der Waals surface area contributed by atoms with Crippen molar-refractivity contribution < 1.29 is 5.11 Å². The van der Waals surface area contributed by atoms with Crippen molar-refractivity contribution in [1.82, 2.24) is 9.97 Å². The summed E-state index contributed by atoms with van der Waals surface area (Å²) in [5.41, 5.74) is 2.62. The van der Waals surface area contributed by atoms with Gasteiger partial charge in [0.05, 0.1) is 11.6 Å². The predicted molar refractivity (Wildman–Crippen MR) is 107 cm³/mol. The first-order valence-corrected chi connectivity index (χ1v) is 9.01. The number of phenols is 1. The molecule has 0 spiro atoms. The molecule has 26 heavy (non-hydrogen) atoms. The molecular weight excluding hydrogens is 390 g/mol. The molecule has 4 rings (SSSR count). The van der Waals surface area contributed by atoms with Crippen LogP contribution in [0.5, 0.6) is 5.75 Å². The summed E-state index contributed by atoms with van der Waals surface area (Å²) in [5, 5.41) is 15.0. The molecule has 0 unspecified atom stereocenters. The van der Waals surface area contributed by atoms with E-state index in [9.17, 15) is 5.11 Å². The molecule has 2 aromatic heterocycles. The van der Waals surface area contributed by atoms with Crippen LogP contribution < -0.4 is 5.32 Å². The summed E-state index contributed by atoms with van der Waals surface area (Å²) < 4.78 is 0.973. The van der Waals surface area contributed by atoms with Crippen LogP contribution in [0, 0.1) is 0 Å². The number of aromatic hydroxyl groups is 1. The highest BCUT2D eigenvalue weighted by molar-refractivity contribution is 9.10. The largest absolute Gasteiger partial charge is 0.508 e. The number of fused-ring (bicyclic) bond motifs is 1. The molecule has 2 N–H and O–H groups in total. The van der Waals surface area contributed by atoms with E-state index in [-0.39, 0.29) is 11.8 Å². The zero-order chi connectivity index (χ0) is 17.9. The van der Waals surface area contributed by atoms with E-state index < -0.39 is 0 Å². The van der Waals surface area contributed by atoms with Crippen LogP contribution in [0.3, 0.4) is 0 Å². The summed E-state index contributed by atoms with van der Waals surface area (Å²) in [6.45, 7) is 0. The van der Waals surface area contributed by atoms with E-state index in [4.69, 9.17) is 0 Å². The van der Waals surface area contributed by atoms with Crippen molar-refractivity contribution in [2.75, 3.05) is 5.32 Å². The van der Waals surface area contributed by atoms with Crippen LogP contribution in [0.4, 0.5) is 5.82 Å². The van der Waals surface area contributed by atoms with Gasteiger partial charge in [-0.2, -0.15) is 0 Å². The number of anilines is 1. The zero-order valence-electron chi connectivity index (χ0n) is 13.8. The number of nitrogens with one attached hydrogen (secondary N) is 1. The molecule has 128 valence electrons. The lowest BCUT2D eigenvalue weighted by Crippen LogP contribution is -2.14. The molecule has 4 nitrogen and oxygen atoms in total. The van der Waals surface area contributed by atoms with Gasteiger partial charge in [0.2, 0.25) is 0 Å². The topological polar surface area (TPSA) is 58.0 Å². The lowest BCUT2D eigenvalue weighted by atomic mass is 9.94. The average Bonchev–Trinajstić information content (AvgIpc) is 2.67. The standard InChI is InChI=1S/C21H16BrN3O/c22-15-6-3-5-14(13-15)21(25-19-8-1-2-11-24-19)20-16-7-4-12-23-17(16)9-10-18(20)26/h1-13,21,26H,(H,24,25)/t21-/m0/s1. The summed E-state index contributed by atoms with van der Waals surface area (Å²) in [7, 11) is 0. The Balaban J connectivity index is 1.92. The molecule has 5 heteroatoms. The number of hydrogen-bond acceptors (Lipinski definition) is 4. The van der Waals surface area contributed by atoms with Crippen molar-refractivity contribution in [3.8, 4) is 5.75 Å². The lowest BCUT2D eigenvalue weighted by molar-refractivity contribution is 0.468. The van der Waals surface area contributed by atoms with Crippen LogP contribution in [-0.4, -0.2) is 15.1 Å². The fraction of sp³-hybridized carbons (Fsp3) is 0.0476. The SMILES string of the molecule is Oc1ccc2ncccc2c1[C@@H](Nc1ccccn1)c1cccc(Br)c1. The van der Waals surface area contributed by atoms with Crippen LogP contribution in [0.2, 0.25) is 0 Å². The van der Waals surface area contributed by atoms with Crippen LogP contribution in [0.15, 0.2) is 83.6 Å². The monoisotopic (exact) mass is 405 g/mol. The lowest BCUT2D eigenvalue weighted by Gasteiger charge is -2.23. The minimum absolute atomic E-state index is 0.221. The van der Waals surface area contributed by atoms with Gasteiger partial charge >= 0.3 is 0 Å². The molecule has 0 radical (unpaired) electrons. The highest BCUT2D eigenvalue weighted by atomic mass is 79.9. The number of halogens is 1. The Morgan fingerprint density at radius 2 is 1.77 bits per heavy atom. The highest BCUT2D eigenvalue weighted by Crippen LogP contribution is 2.37. The molecule has 0 aliphatic carbocycles. The van der Waals surface area contributed by atoms with E-state index in [1.807, 2.05) is 60.7 Å². The van der Waals surface area contributed by atoms with Crippen molar-refractivity contribution in [1.29, 1.82) is 0 Å². The van der Waals surface area contributed by atoms with Crippen LogP contribution in [-0.2, 0) is 0 Å². The second kappa shape index (κ2) is 7.14. The third-order valence-electron chi connectivity index (χ3n) is 4.23. The maximum Gasteiger partial charge on any atom is 0.126 e. The second-order valence-electron chi connectivity index (χ2n) is 5.92. The fourth-order valence-electron chi connectivity index (χ4n) is 3.07. The first-order valence-electron chi connectivity index (χ1n) is 8.22. The first kappa shape index (κ1) is 16.5. The summed E-state index contributed by atoms with van der Waals surface area (Å²) in [4.78, 5) is 8.80. The molecule has 4 aromatic rings. The molecule has 0 saturated heterocycles. The van der Waals surface area contributed by atoms with E-state index in [1.54, 1.807) is 18.5 Å². The van der Waals surface area contributed by atoms with Gasteiger partial charge in [-0.05, 0) is 48.0 Å². The highest BCUT2D eigenvalue weighted by Gasteiger charge is 2.21. The fourth-order valence-corrected chi connectivity index (χ4v) is 3.49. The number of phenolic OH excluding ortho intramolecular Hbond substituents is 1. The van der Waals surface area contributed by atoms with Crippen molar-refractivity contribution in [3.05, 3.63) is 94.7 Å². The van der Waals surface area contributed by atoms with E-state index >= 15 is 0 Å². The van der Waals surface area contributed by atoms with Crippen molar-refractivity contribution >= 4 is 32.7 Å². The Morgan fingerprint density at radius 1 is 0.885 bits per heavy atom. The minimum Gasteiger partial charge on any atom is -0.508 e. The number of benzene rings is 2. The third-order valence-corrected chi connectivity index (χ3v) is 4.72. The van der Waals surface area contributed by atoms with Gasteiger partial charge in [-0.1, -0.05) is 40.2 Å². The van der Waals surface area contributed by atoms with E-state index in [0.717, 1.165) is 32.3 Å². The quantitative estimate of drug-likeness (QED) is 0.483. The summed E-state index contributed by atoms with van der Waals surface area (Å²) in [6, 6.07) is 20.8. The molecule has 0 aliphatic rings. The van der Waals surface area contributed by atoms with Gasteiger partial charge < -0.3 is 10.4 Å². The van der Waals surface area contributed by atoms with Crippen molar-refractivity contribution in [2.45, 2.75) is 6.04 Å². The smallest absolute Gasteiger partial charge is 0.126 e. The number of rotatable bonds is 4. The summed E-state index contributed by atoms with van der Waals surface area (Å²) >= 11 is 3.54. The Morgan fingerprint density at radius 3 is 2.58 bits per heavy atom. The van der Waals surface area contributed by atoms with Gasteiger partial charge in [0.25, 0.3) is 0 Å². The number of nitrogens with zero attached hydrogens (tertiary/aromatic N) is 2. The number of hydrogen-bond donors (Lipinski definition) is 2. The predicted octanol–water partition coefficient (Wildman–Crippen LogP) is 5.30. The van der Waals surface area contributed by atoms with Crippen molar-refractivity contribution in [3.63, 3.8) is 0 Å². The normalized spacial score (nSPS) is 12.0. The summed E-state index contributed by atoms with van der Waals surface area (Å²) in [5.74, 6) is 0.955. The zero-order valence-corrected chi connectivity index (χ0v) is 15.4. The maximum absolute atomic E-state index is 10.7. The maximum atomic E-state index is 10.7. The molecule has 2 aromatic carbocycles. The Kier molecular flexibility index (Phi) is 4.54. The number of aromatic nitrogens is 2.